The maximum absolute atomic E-state index is 5.76. The van der Waals surface area contributed by atoms with Gasteiger partial charge in [0.2, 0.25) is 0 Å². The smallest absolute Gasteiger partial charge is 0.336 e. The Morgan fingerprint density at radius 1 is 0.929 bits per heavy atom. The fourth-order valence-electron chi connectivity index (χ4n) is 2.63. The van der Waals surface area contributed by atoms with Gasteiger partial charge < -0.3 is 14.2 Å². The molecule has 2 aromatic heterocycles. The van der Waals surface area contributed by atoms with Gasteiger partial charge in [-0.25, -0.2) is 9.67 Å². The number of thiazole rings is 1. The quantitative estimate of drug-likeness (QED) is 0.472. The number of aromatic nitrogens is 4. The average molecular weight is 394 g/mol. The van der Waals surface area contributed by atoms with Gasteiger partial charge in [0.15, 0.2) is 5.82 Å². The van der Waals surface area contributed by atoms with Crippen molar-refractivity contribution in [3.05, 3.63) is 65.1 Å². The Hall–Kier alpha value is -3.39. The van der Waals surface area contributed by atoms with E-state index >= 15 is 0 Å². The Bertz CT molecular complexity index is 964. The molecule has 0 fully saturated rings. The molecule has 0 aliphatic heterocycles. The van der Waals surface area contributed by atoms with Crippen LogP contribution in [0.5, 0.6) is 17.5 Å². The Morgan fingerprint density at radius 2 is 1.61 bits per heavy atom. The monoisotopic (exact) mass is 394 g/mol. The van der Waals surface area contributed by atoms with Crippen LogP contribution < -0.4 is 14.2 Å². The minimum Gasteiger partial charge on any atom is -0.497 e. The van der Waals surface area contributed by atoms with Gasteiger partial charge in [-0.15, -0.1) is 16.4 Å². The van der Waals surface area contributed by atoms with E-state index in [2.05, 4.69) is 15.1 Å². The molecule has 0 saturated heterocycles. The van der Waals surface area contributed by atoms with Crippen molar-refractivity contribution in [1.82, 2.24) is 19.7 Å². The van der Waals surface area contributed by atoms with Crippen LogP contribution in [0.25, 0.3) is 17.1 Å². The molecule has 142 valence electrons. The second kappa shape index (κ2) is 8.10. The standard InChI is InChI=1S/C20H18N4O3S/c1-25-17-7-3-14(4-8-17)19-22-20(27-11-15-12-28-13-21-15)23-24(19)16-5-9-18(26-2)10-6-16/h3-10,12-13H,11H2,1-2H3. The molecular weight excluding hydrogens is 376 g/mol. The summed E-state index contributed by atoms with van der Waals surface area (Å²) in [4.78, 5) is 8.81. The van der Waals surface area contributed by atoms with E-state index in [1.807, 2.05) is 53.9 Å². The number of methoxy groups -OCH3 is 2. The lowest BCUT2D eigenvalue weighted by Crippen LogP contribution is -2.00. The van der Waals surface area contributed by atoms with Crippen LogP contribution in [0.15, 0.2) is 59.4 Å². The highest BCUT2D eigenvalue weighted by Gasteiger charge is 2.15. The lowest BCUT2D eigenvalue weighted by atomic mass is 10.2. The fraction of sp³-hybridized carbons (Fsp3) is 0.150. The second-order valence-electron chi connectivity index (χ2n) is 5.82. The van der Waals surface area contributed by atoms with E-state index < -0.39 is 0 Å². The van der Waals surface area contributed by atoms with E-state index in [0.717, 1.165) is 28.4 Å². The fourth-order valence-corrected chi connectivity index (χ4v) is 3.18. The molecular formula is C20H18N4O3S. The van der Waals surface area contributed by atoms with Crippen LogP contribution in [0.3, 0.4) is 0 Å². The topological polar surface area (TPSA) is 71.3 Å². The van der Waals surface area contributed by atoms with E-state index in [1.54, 1.807) is 24.4 Å². The molecule has 4 aromatic rings. The van der Waals surface area contributed by atoms with Gasteiger partial charge in [0.05, 0.1) is 31.1 Å². The largest absolute Gasteiger partial charge is 0.497 e. The highest BCUT2D eigenvalue weighted by molar-refractivity contribution is 7.07. The van der Waals surface area contributed by atoms with Gasteiger partial charge in [0.1, 0.15) is 18.1 Å². The summed E-state index contributed by atoms with van der Waals surface area (Å²) >= 11 is 1.52. The van der Waals surface area contributed by atoms with Gasteiger partial charge in [0, 0.05) is 10.9 Å². The van der Waals surface area contributed by atoms with Crippen LogP contribution in [0, 0.1) is 0 Å². The molecule has 0 spiro atoms. The van der Waals surface area contributed by atoms with Gasteiger partial charge in [-0.05, 0) is 48.5 Å². The molecule has 8 heteroatoms. The summed E-state index contributed by atoms with van der Waals surface area (Å²) in [5.74, 6) is 2.22. The second-order valence-corrected chi connectivity index (χ2v) is 6.54. The number of hydrogen-bond donors (Lipinski definition) is 0. The highest BCUT2D eigenvalue weighted by Crippen LogP contribution is 2.26. The van der Waals surface area contributed by atoms with Crippen molar-refractivity contribution in [2.24, 2.45) is 0 Å². The van der Waals surface area contributed by atoms with Crippen molar-refractivity contribution in [3.63, 3.8) is 0 Å². The first-order valence-corrected chi connectivity index (χ1v) is 9.47. The van der Waals surface area contributed by atoms with Gasteiger partial charge in [0.25, 0.3) is 0 Å². The van der Waals surface area contributed by atoms with Gasteiger partial charge >= 0.3 is 6.01 Å². The minimum atomic E-state index is 0.287. The first-order chi connectivity index (χ1) is 13.8. The zero-order valence-corrected chi connectivity index (χ0v) is 16.2. The summed E-state index contributed by atoms with van der Waals surface area (Å²) in [5.41, 5.74) is 4.36. The van der Waals surface area contributed by atoms with Crippen molar-refractivity contribution < 1.29 is 14.2 Å². The molecule has 2 aromatic carbocycles. The van der Waals surface area contributed by atoms with E-state index in [-0.39, 0.29) is 6.01 Å². The van der Waals surface area contributed by atoms with Gasteiger partial charge in [-0.3, -0.25) is 0 Å². The third-order valence-corrected chi connectivity index (χ3v) is 4.72. The van der Waals surface area contributed by atoms with Crippen molar-refractivity contribution in [3.8, 4) is 34.6 Å². The van der Waals surface area contributed by atoms with E-state index in [4.69, 9.17) is 14.2 Å². The number of nitrogens with zero attached hydrogens (tertiary/aromatic N) is 4. The minimum absolute atomic E-state index is 0.287. The van der Waals surface area contributed by atoms with Gasteiger partial charge in [-0.2, -0.15) is 4.98 Å². The molecule has 0 aliphatic carbocycles. The molecule has 0 N–H and O–H groups in total. The lowest BCUT2D eigenvalue weighted by molar-refractivity contribution is 0.277. The van der Waals surface area contributed by atoms with Crippen LogP contribution in [-0.2, 0) is 6.61 Å². The Labute approximate surface area is 166 Å². The zero-order chi connectivity index (χ0) is 19.3. The lowest BCUT2D eigenvalue weighted by Gasteiger charge is -2.07. The summed E-state index contributed by atoms with van der Waals surface area (Å²) in [7, 11) is 3.27. The normalized spacial score (nSPS) is 10.6. The van der Waals surface area contributed by atoms with Gasteiger partial charge in [-0.1, -0.05) is 0 Å². The van der Waals surface area contributed by atoms with Crippen LogP contribution >= 0.6 is 11.3 Å². The summed E-state index contributed by atoms with van der Waals surface area (Å²) in [5, 5.41) is 6.48. The SMILES string of the molecule is COc1ccc(-c2nc(OCc3cscn3)nn2-c2ccc(OC)cc2)cc1. The van der Waals surface area contributed by atoms with Crippen molar-refractivity contribution in [2.45, 2.75) is 6.61 Å². The maximum Gasteiger partial charge on any atom is 0.336 e. The third-order valence-electron chi connectivity index (χ3n) is 4.09. The van der Waals surface area contributed by atoms with E-state index in [0.29, 0.717) is 12.4 Å². The zero-order valence-electron chi connectivity index (χ0n) is 15.4. The molecule has 2 heterocycles. The summed E-state index contributed by atoms with van der Waals surface area (Å²) in [6.45, 7) is 0.318. The molecule has 4 rings (SSSR count). The molecule has 0 bridgehead atoms. The molecule has 0 atom stereocenters. The average Bonchev–Trinajstić information content (AvgIpc) is 3.42. The summed E-state index contributed by atoms with van der Waals surface area (Å²) in [6.07, 6.45) is 0. The number of rotatable bonds is 7. The van der Waals surface area contributed by atoms with Crippen LogP contribution in [-0.4, -0.2) is 34.0 Å². The Kier molecular flexibility index (Phi) is 5.20. The van der Waals surface area contributed by atoms with Crippen LogP contribution in [0.4, 0.5) is 0 Å². The predicted octanol–water partition coefficient (Wildman–Crippen LogP) is 3.99. The van der Waals surface area contributed by atoms with Crippen molar-refractivity contribution in [1.29, 1.82) is 0 Å². The first kappa shape index (κ1) is 18.0. The maximum atomic E-state index is 5.76. The Morgan fingerprint density at radius 3 is 2.21 bits per heavy atom. The van der Waals surface area contributed by atoms with E-state index in [1.165, 1.54) is 11.3 Å². The highest BCUT2D eigenvalue weighted by atomic mass is 32.1. The molecule has 0 radical (unpaired) electrons. The summed E-state index contributed by atoms with van der Waals surface area (Å²) in [6, 6.07) is 15.5. The summed E-state index contributed by atoms with van der Waals surface area (Å²) < 4.78 is 18.0. The third kappa shape index (κ3) is 3.81. The molecule has 0 saturated carbocycles. The van der Waals surface area contributed by atoms with Crippen molar-refractivity contribution in [2.75, 3.05) is 14.2 Å². The van der Waals surface area contributed by atoms with Crippen molar-refractivity contribution >= 4 is 11.3 Å². The first-order valence-electron chi connectivity index (χ1n) is 8.52. The molecule has 7 nitrogen and oxygen atoms in total. The Balaban J connectivity index is 1.70. The predicted molar refractivity (Wildman–Crippen MR) is 106 cm³/mol. The number of hydrogen-bond acceptors (Lipinski definition) is 7. The number of ether oxygens (including phenoxy) is 3. The molecule has 0 amide bonds. The van der Waals surface area contributed by atoms with Crippen LogP contribution in [0.2, 0.25) is 0 Å². The number of benzene rings is 2. The van der Waals surface area contributed by atoms with Crippen LogP contribution in [0.1, 0.15) is 5.69 Å². The molecule has 28 heavy (non-hydrogen) atoms. The van der Waals surface area contributed by atoms with E-state index in [9.17, 15) is 0 Å². The molecule has 0 unspecified atom stereocenters. The molecule has 0 aliphatic rings.